The molecule has 0 aliphatic carbocycles. The molecule has 0 bridgehead atoms. The van der Waals surface area contributed by atoms with Gasteiger partial charge in [0.15, 0.2) is 0 Å². The van der Waals surface area contributed by atoms with E-state index in [1.165, 1.54) is 12.1 Å². The minimum Gasteiger partial charge on any atom is -0.444 e. The average molecular weight is 406 g/mol. The molecule has 2 N–H and O–H groups in total. The number of benzene rings is 2. The van der Waals surface area contributed by atoms with Crippen LogP contribution in [-0.4, -0.2) is 22.5 Å². The number of nitrogens with one attached hydrogen (secondary N) is 2. The normalized spacial score (nSPS) is 10.9. The standard InChI is InChI=1S/C19H20ClN3O5/c1-11-9-12(21-18(25)28-19(2,3)4)5-8-16(11)22-17(24)14-10-13(23(26)27)6-7-15(14)20/h5-10H,1-4H3,(H,21,25)(H,22,24). The van der Waals surface area contributed by atoms with Crippen LogP contribution in [0.2, 0.25) is 5.02 Å². The lowest BCUT2D eigenvalue weighted by Crippen LogP contribution is -2.27. The van der Waals surface area contributed by atoms with Crippen LogP contribution in [-0.2, 0) is 4.74 Å². The molecule has 0 saturated carbocycles. The first-order chi connectivity index (χ1) is 13.0. The van der Waals surface area contributed by atoms with Crippen molar-refractivity contribution >= 4 is 40.7 Å². The molecule has 2 aromatic rings. The Morgan fingerprint density at radius 3 is 2.36 bits per heavy atom. The summed E-state index contributed by atoms with van der Waals surface area (Å²) in [5, 5.41) is 16.3. The van der Waals surface area contributed by atoms with Crippen LogP contribution < -0.4 is 10.6 Å². The highest BCUT2D eigenvalue weighted by Gasteiger charge is 2.18. The fourth-order valence-electron chi connectivity index (χ4n) is 2.29. The van der Waals surface area contributed by atoms with Crippen molar-refractivity contribution in [3.63, 3.8) is 0 Å². The summed E-state index contributed by atoms with van der Waals surface area (Å²) in [6.45, 7) is 7.02. The Morgan fingerprint density at radius 2 is 1.79 bits per heavy atom. The molecule has 28 heavy (non-hydrogen) atoms. The van der Waals surface area contributed by atoms with Gasteiger partial charge in [-0.3, -0.25) is 20.2 Å². The van der Waals surface area contributed by atoms with Crippen molar-refractivity contribution in [3.05, 3.63) is 62.7 Å². The Hall–Kier alpha value is -3.13. The van der Waals surface area contributed by atoms with Crippen LogP contribution in [0.5, 0.6) is 0 Å². The Labute approximate surface area is 167 Å². The highest BCUT2D eigenvalue weighted by atomic mass is 35.5. The molecule has 0 aliphatic heterocycles. The summed E-state index contributed by atoms with van der Waals surface area (Å²) in [6.07, 6.45) is -0.591. The zero-order valence-corrected chi connectivity index (χ0v) is 16.6. The van der Waals surface area contributed by atoms with E-state index in [2.05, 4.69) is 10.6 Å². The molecular weight excluding hydrogens is 386 g/mol. The van der Waals surface area contributed by atoms with Crippen LogP contribution in [0.25, 0.3) is 0 Å². The average Bonchev–Trinajstić information content (AvgIpc) is 2.55. The SMILES string of the molecule is Cc1cc(NC(=O)OC(C)(C)C)ccc1NC(=O)c1cc([N+](=O)[O-])ccc1Cl. The third kappa shape index (κ3) is 5.68. The second-order valence-electron chi connectivity index (χ2n) is 7.03. The Kier molecular flexibility index (Phi) is 6.25. The van der Waals surface area contributed by atoms with Crippen LogP contribution >= 0.6 is 11.6 Å². The Morgan fingerprint density at radius 1 is 1.11 bits per heavy atom. The fourth-order valence-corrected chi connectivity index (χ4v) is 2.50. The van der Waals surface area contributed by atoms with Crippen LogP contribution in [0.15, 0.2) is 36.4 Å². The lowest BCUT2D eigenvalue weighted by atomic mass is 10.1. The summed E-state index contributed by atoms with van der Waals surface area (Å²) in [5.41, 5.74) is 0.781. The van der Waals surface area contributed by atoms with Gasteiger partial charge in [0.25, 0.3) is 11.6 Å². The minimum atomic E-state index is -0.620. The van der Waals surface area contributed by atoms with E-state index >= 15 is 0 Å². The van der Waals surface area contributed by atoms with Crippen LogP contribution in [0.3, 0.4) is 0 Å². The number of anilines is 2. The van der Waals surface area contributed by atoms with E-state index in [4.69, 9.17) is 16.3 Å². The molecule has 0 saturated heterocycles. The third-order valence-electron chi connectivity index (χ3n) is 3.53. The number of ether oxygens (including phenoxy) is 1. The van der Waals surface area contributed by atoms with Crippen LogP contribution in [0, 0.1) is 17.0 Å². The largest absolute Gasteiger partial charge is 0.444 e. The van der Waals surface area contributed by atoms with Crippen molar-refractivity contribution in [2.75, 3.05) is 10.6 Å². The van der Waals surface area contributed by atoms with E-state index in [1.807, 2.05) is 0 Å². The molecule has 0 spiro atoms. The molecule has 2 aromatic carbocycles. The Balaban J connectivity index is 2.15. The number of hydrogen-bond acceptors (Lipinski definition) is 5. The smallest absolute Gasteiger partial charge is 0.412 e. The second-order valence-corrected chi connectivity index (χ2v) is 7.44. The van der Waals surface area contributed by atoms with Gasteiger partial charge in [0.2, 0.25) is 0 Å². The number of hydrogen-bond donors (Lipinski definition) is 2. The van der Waals surface area contributed by atoms with Gasteiger partial charge >= 0.3 is 6.09 Å². The van der Waals surface area contributed by atoms with Gasteiger partial charge in [0.1, 0.15) is 5.60 Å². The number of nitro benzene ring substituents is 1. The second kappa shape index (κ2) is 8.26. The van der Waals surface area contributed by atoms with Crippen molar-refractivity contribution in [1.82, 2.24) is 0 Å². The minimum absolute atomic E-state index is 0.00813. The summed E-state index contributed by atoms with van der Waals surface area (Å²) in [6, 6.07) is 8.50. The van der Waals surface area contributed by atoms with E-state index in [0.717, 1.165) is 6.07 Å². The first-order valence-corrected chi connectivity index (χ1v) is 8.70. The number of carbonyl (C=O) groups excluding carboxylic acids is 2. The molecule has 8 nitrogen and oxygen atoms in total. The van der Waals surface area contributed by atoms with Gasteiger partial charge < -0.3 is 10.1 Å². The highest BCUT2D eigenvalue weighted by Crippen LogP contribution is 2.25. The van der Waals surface area contributed by atoms with Crippen molar-refractivity contribution in [2.24, 2.45) is 0 Å². The molecule has 0 unspecified atom stereocenters. The number of amides is 2. The van der Waals surface area contributed by atoms with Crippen LogP contribution in [0.4, 0.5) is 21.9 Å². The topological polar surface area (TPSA) is 111 Å². The zero-order valence-electron chi connectivity index (χ0n) is 15.8. The number of halogens is 1. The van der Waals surface area contributed by atoms with Gasteiger partial charge in [-0.25, -0.2) is 4.79 Å². The fraction of sp³-hybridized carbons (Fsp3) is 0.263. The summed E-state index contributed by atoms with van der Waals surface area (Å²) >= 11 is 5.99. The van der Waals surface area contributed by atoms with Crippen molar-refractivity contribution < 1.29 is 19.2 Å². The maximum atomic E-state index is 12.5. The molecule has 0 aromatic heterocycles. The monoisotopic (exact) mass is 405 g/mol. The maximum Gasteiger partial charge on any atom is 0.412 e. The summed E-state index contributed by atoms with van der Waals surface area (Å²) in [5.74, 6) is -0.579. The number of rotatable bonds is 4. The first kappa shape index (κ1) is 21.2. The van der Waals surface area contributed by atoms with E-state index in [0.29, 0.717) is 16.9 Å². The highest BCUT2D eigenvalue weighted by molar-refractivity contribution is 6.34. The van der Waals surface area contributed by atoms with Gasteiger partial charge in [-0.1, -0.05) is 11.6 Å². The zero-order chi connectivity index (χ0) is 21.1. The molecule has 0 radical (unpaired) electrons. The number of non-ortho nitro benzene ring substituents is 1. The van der Waals surface area contributed by atoms with Gasteiger partial charge in [-0.05, 0) is 57.5 Å². The van der Waals surface area contributed by atoms with Gasteiger partial charge in [-0.2, -0.15) is 0 Å². The summed E-state index contributed by atoms with van der Waals surface area (Å²) < 4.78 is 5.19. The molecular formula is C19H20ClN3O5. The first-order valence-electron chi connectivity index (χ1n) is 8.32. The van der Waals surface area contributed by atoms with Crippen molar-refractivity contribution in [3.8, 4) is 0 Å². The molecule has 2 amide bonds. The molecule has 0 fully saturated rings. The number of nitro groups is 1. The van der Waals surface area contributed by atoms with Gasteiger partial charge in [-0.15, -0.1) is 0 Å². The molecule has 0 aliphatic rings. The maximum absolute atomic E-state index is 12.5. The number of aryl methyl sites for hydroxylation is 1. The lowest BCUT2D eigenvalue weighted by Gasteiger charge is -2.20. The molecule has 0 heterocycles. The number of carbonyl (C=O) groups is 2. The van der Waals surface area contributed by atoms with E-state index in [1.54, 1.807) is 45.9 Å². The van der Waals surface area contributed by atoms with Gasteiger partial charge in [0.05, 0.1) is 15.5 Å². The quantitative estimate of drug-likeness (QED) is 0.539. The summed E-state index contributed by atoms with van der Waals surface area (Å²) in [7, 11) is 0. The third-order valence-corrected chi connectivity index (χ3v) is 3.85. The predicted octanol–water partition coefficient (Wildman–Crippen LogP) is 5.16. The molecule has 9 heteroatoms. The van der Waals surface area contributed by atoms with Crippen LogP contribution in [0.1, 0.15) is 36.7 Å². The van der Waals surface area contributed by atoms with Crippen molar-refractivity contribution in [2.45, 2.75) is 33.3 Å². The Bertz CT molecular complexity index is 938. The summed E-state index contributed by atoms with van der Waals surface area (Å²) in [4.78, 5) is 34.6. The van der Waals surface area contributed by atoms with Gasteiger partial charge in [0, 0.05) is 23.5 Å². The van der Waals surface area contributed by atoms with E-state index in [-0.39, 0.29) is 16.3 Å². The van der Waals surface area contributed by atoms with E-state index in [9.17, 15) is 19.7 Å². The predicted molar refractivity (Wildman–Crippen MR) is 107 cm³/mol. The lowest BCUT2D eigenvalue weighted by molar-refractivity contribution is -0.384. The molecule has 0 atom stereocenters. The number of nitrogens with zero attached hydrogens (tertiary/aromatic N) is 1. The molecule has 2 rings (SSSR count). The molecule has 148 valence electrons. The van der Waals surface area contributed by atoms with E-state index < -0.39 is 22.5 Å². The van der Waals surface area contributed by atoms with Crippen molar-refractivity contribution in [1.29, 1.82) is 0 Å².